The topological polar surface area (TPSA) is 64.3 Å². The second-order valence-electron chi connectivity index (χ2n) is 3.53. The molecule has 0 spiro atoms. The summed E-state index contributed by atoms with van der Waals surface area (Å²) in [6.45, 7) is 0. The Kier molecular flexibility index (Phi) is 3.13. The summed E-state index contributed by atoms with van der Waals surface area (Å²) in [4.78, 5) is 12.0. The number of nitrogens with zero attached hydrogens (tertiary/aromatic N) is 2. The van der Waals surface area contributed by atoms with Crippen LogP contribution in [0.15, 0.2) is 0 Å². The monoisotopic (exact) mass is 182 g/mol. The predicted molar refractivity (Wildman–Crippen MR) is 47.1 cm³/mol. The lowest BCUT2D eigenvalue weighted by Gasteiger charge is -2.30. The number of hydrogen-bond acceptors (Lipinski definition) is 2. The second-order valence-corrected chi connectivity index (χ2v) is 3.53. The fourth-order valence-electron chi connectivity index (χ4n) is 1.75. The van der Waals surface area contributed by atoms with Gasteiger partial charge in [0.2, 0.25) is 0 Å². The minimum absolute atomic E-state index is 0.113. The van der Waals surface area contributed by atoms with E-state index in [1.54, 1.807) is 7.05 Å². The van der Waals surface area contributed by atoms with Gasteiger partial charge < -0.3 is 10.0 Å². The predicted octanol–water partition coefficient (Wildman–Crippen LogP) is 1.68. The Bertz CT molecular complexity index is 226. The molecule has 1 aliphatic rings. The van der Waals surface area contributed by atoms with Crippen molar-refractivity contribution in [3.05, 3.63) is 0 Å². The van der Waals surface area contributed by atoms with Crippen LogP contribution in [0.5, 0.6) is 0 Å². The molecule has 0 atom stereocenters. The maximum atomic E-state index is 10.6. The van der Waals surface area contributed by atoms with Crippen LogP contribution in [0.2, 0.25) is 0 Å². The minimum Gasteiger partial charge on any atom is -0.465 e. The van der Waals surface area contributed by atoms with Crippen LogP contribution in [-0.2, 0) is 0 Å². The van der Waals surface area contributed by atoms with E-state index >= 15 is 0 Å². The van der Waals surface area contributed by atoms with Gasteiger partial charge in [0, 0.05) is 19.0 Å². The molecule has 0 radical (unpaired) electrons. The van der Waals surface area contributed by atoms with Crippen LogP contribution in [0.1, 0.15) is 25.7 Å². The van der Waals surface area contributed by atoms with Gasteiger partial charge in [-0.1, -0.05) is 0 Å². The highest BCUT2D eigenvalue weighted by molar-refractivity contribution is 5.64. The quantitative estimate of drug-likeness (QED) is 0.671. The minimum atomic E-state index is -0.875. The molecule has 0 heterocycles. The fourth-order valence-corrected chi connectivity index (χ4v) is 1.75. The van der Waals surface area contributed by atoms with Crippen molar-refractivity contribution < 1.29 is 9.90 Å². The van der Waals surface area contributed by atoms with E-state index in [2.05, 4.69) is 6.07 Å². The lowest BCUT2D eigenvalue weighted by atomic mass is 9.86. The molecular formula is C9H14N2O2. The summed E-state index contributed by atoms with van der Waals surface area (Å²) in [5.41, 5.74) is 0. The maximum Gasteiger partial charge on any atom is 0.407 e. The first kappa shape index (κ1) is 9.85. The highest BCUT2D eigenvalue weighted by atomic mass is 16.4. The highest BCUT2D eigenvalue weighted by Gasteiger charge is 2.25. The van der Waals surface area contributed by atoms with Gasteiger partial charge in [-0.05, 0) is 25.7 Å². The smallest absolute Gasteiger partial charge is 0.407 e. The van der Waals surface area contributed by atoms with E-state index in [4.69, 9.17) is 10.4 Å². The third-order valence-electron chi connectivity index (χ3n) is 2.73. The molecular weight excluding hydrogens is 168 g/mol. The third-order valence-corrected chi connectivity index (χ3v) is 2.73. The molecule has 4 nitrogen and oxygen atoms in total. The summed E-state index contributed by atoms with van der Waals surface area (Å²) < 4.78 is 0. The molecule has 0 saturated heterocycles. The molecule has 4 heteroatoms. The van der Waals surface area contributed by atoms with Gasteiger partial charge in [-0.25, -0.2) is 4.79 Å². The van der Waals surface area contributed by atoms with Gasteiger partial charge in [0.05, 0.1) is 6.07 Å². The van der Waals surface area contributed by atoms with Gasteiger partial charge in [0.1, 0.15) is 0 Å². The molecule has 13 heavy (non-hydrogen) atoms. The van der Waals surface area contributed by atoms with Gasteiger partial charge in [-0.15, -0.1) is 0 Å². The molecule has 0 aromatic carbocycles. The molecule has 1 saturated carbocycles. The van der Waals surface area contributed by atoms with E-state index in [0.717, 1.165) is 25.7 Å². The van der Waals surface area contributed by atoms with Crippen molar-refractivity contribution in [3.8, 4) is 6.07 Å². The van der Waals surface area contributed by atoms with E-state index in [9.17, 15) is 4.79 Å². The molecule has 1 aliphatic carbocycles. The first-order chi connectivity index (χ1) is 6.15. The maximum absolute atomic E-state index is 10.6. The van der Waals surface area contributed by atoms with Crippen LogP contribution in [0.3, 0.4) is 0 Å². The summed E-state index contributed by atoms with van der Waals surface area (Å²) in [5.74, 6) is 0.137. The van der Waals surface area contributed by atoms with Crippen molar-refractivity contribution in [2.24, 2.45) is 5.92 Å². The van der Waals surface area contributed by atoms with Crippen LogP contribution < -0.4 is 0 Å². The van der Waals surface area contributed by atoms with Crippen molar-refractivity contribution in [1.29, 1.82) is 5.26 Å². The van der Waals surface area contributed by atoms with Crippen molar-refractivity contribution >= 4 is 6.09 Å². The Morgan fingerprint density at radius 3 is 2.38 bits per heavy atom. The Labute approximate surface area is 77.8 Å². The van der Waals surface area contributed by atoms with Crippen molar-refractivity contribution in [1.82, 2.24) is 4.90 Å². The molecule has 0 aromatic rings. The molecule has 1 N–H and O–H groups in total. The van der Waals surface area contributed by atoms with E-state index < -0.39 is 6.09 Å². The summed E-state index contributed by atoms with van der Waals surface area (Å²) in [6, 6.07) is 2.34. The zero-order chi connectivity index (χ0) is 9.84. The second kappa shape index (κ2) is 4.13. The largest absolute Gasteiger partial charge is 0.465 e. The Morgan fingerprint density at radius 1 is 1.46 bits per heavy atom. The highest BCUT2D eigenvalue weighted by Crippen LogP contribution is 2.26. The number of carboxylic acid groups (broad SMARTS) is 1. The van der Waals surface area contributed by atoms with E-state index in [0.29, 0.717) is 0 Å². The van der Waals surface area contributed by atoms with Crippen molar-refractivity contribution in [3.63, 3.8) is 0 Å². The van der Waals surface area contributed by atoms with Crippen LogP contribution in [0.4, 0.5) is 4.79 Å². The molecule has 1 amide bonds. The van der Waals surface area contributed by atoms with E-state index in [1.807, 2.05) is 0 Å². The van der Waals surface area contributed by atoms with Gasteiger partial charge in [0.25, 0.3) is 0 Å². The first-order valence-electron chi connectivity index (χ1n) is 4.50. The lowest BCUT2D eigenvalue weighted by Crippen LogP contribution is -2.38. The van der Waals surface area contributed by atoms with Crippen LogP contribution in [0, 0.1) is 17.2 Å². The zero-order valence-corrected chi connectivity index (χ0v) is 7.73. The third kappa shape index (κ3) is 2.35. The lowest BCUT2D eigenvalue weighted by molar-refractivity contribution is 0.123. The number of rotatable bonds is 1. The van der Waals surface area contributed by atoms with Gasteiger partial charge in [-0.3, -0.25) is 0 Å². The normalized spacial score (nSPS) is 27.7. The van der Waals surface area contributed by atoms with Crippen molar-refractivity contribution in [2.45, 2.75) is 31.7 Å². The first-order valence-corrected chi connectivity index (χ1v) is 4.50. The summed E-state index contributed by atoms with van der Waals surface area (Å²) in [5, 5.41) is 17.4. The molecule has 1 fully saturated rings. The molecule has 1 rings (SSSR count). The average Bonchev–Trinajstić information content (AvgIpc) is 2.17. The van der Waals surface area contributed by atoms with Gasteiger partial charge in [-0.2, -0.15) is 5.26 Å². The van der Waals surface area contributed by atoms with E-state index in [1.165, 1.54) is 4.90 Å². The molecule has 0 unspecified atom stereocenters. The fraction of sp³-hybridized carbons (Fsp3) is 0.778. The summed E-state index contributed by atoms with van der Waals surface area (Å²) >= 11 is 0. The van der Waals surface area contributed by atoms with Crippen LogP contribution in [0.25, 0.3) is 0 Å². The number of hydrogen-bond donors (Lipinski definition) is 1. The molecule has 72 valence electrons. The molecule has 0 aliphatic heterocycles. The van der Waals surface area contributed by atoms with Crippen molar-refractivity contribution in [2.75, 3.05) is 7.05 Å². The van der Waals surface area contributed by atoms with Gasteiger partial charge in [0.15, 0.2) is 0 Å². The number of amides is 1. The standard InChI is InChI=1S/C9H14N2O2/c1-11(9(12)13)8-4-2-7(6-10)3-5-8/h7-8H,2-5H2,1H3,(H,12,13). The van der Waals surface area contributed by atoms with Crippen LogP contribution in [-0.4, -0.2) is 29.2 Å². The molecule has 0 bridgehead atoms. The SMILES string of the molecule is CN(C(=O)O)C1CCC(C#N)CC1. The Morgan fingerprint density at radius 2 is 2.00 bits per heavy atom. The summed E-state index contributed by atoms with van der Waals surface area (Å²) in [7, 11) is 1.60. The molecule has 0 aromatic heterocycles. The number of nitriles is 1. The van der Waals surface area contributed by atoms with Gasteiger partial charge >= 0.3 is 6.09 Å². The summed E-state index contributed by atoms with van der Waals surface area (Å²) in [6.07, 6.45) is 2.43. The zero-order valence-electron chi connectivity index (χ0n) is 7.73. The average molecular weight is 182 g/mol. The van der Waals surface area contributed by atoms with E-state index in [-0.39, 0.29) is 12.0 Å². The van der Waals surface area contributed by atoms with Crippen LogP contribution >= 0.6 is 0 Å². The Hall–Kier alpha value is -1.24. The Balaban J connectivity index is 2.41. The number of carbonyl (C=O) groups is 1.